The molecule has 0 rings (SSSR count). The van der Waals surface area contributed by atoms with Crippen molar-refractivity contribution in [1.29, 1.82) is 0 Å². The van der Waals surface area contributed by atoms with E-state index in [0.29, 0.717) is 0 Å². The summed E-state index contributed by atoms with van der Waals surface area (Å²) in [5, 5.41) is 0. The molecule has 0 aromatic heterocycles. The fourth-order valence-electron chi connectivity index (χ4n) is 0. The van der Waals surface area contributed by atoms with Gasteiger partial charge in [-0.1, -0.05) is 0 Å². The molecule has 0 saturated carbocycles. The maximum absolute atomic E-state index is 0. The van der Waals surface area contributed by atoms with Gasteiger partial charge in [0, 0.05) is 17.1 Å². The summed E-state index contributed by atoms with van der Waals surface area (Å²) in [5.41, 5.74) is 0. The number of hydrogen-bond acceptors (Lipinski definition) is 3. The Morgan fingerprint density at radius 2 is 0.600 bits per heavy atom. The van der Waals surface area contributed by atoms with E-state index < -0.39 is 0 Å². The van der Waals surface area contributed by atoms with Crippen LogP contribution in [0.15, 0.2) is 0 Å². The van der Waals surface area contributed by atoms with E-state index in [2.05, 4.69) is 0 Å². The van der Waals surface area contributed by atoms with Gasteiger partial charge in [-0.25, -0.2) is 0 Å². The molecule has 0 aliphatic rings. The van der Waals surface area contributed by atoms with Gasteiger partial charge in [0.1, 0.15) is 0 Å². The van der Waals surface area contributed by atoms with E-state index in [-0.39, 0.29) is 50.9 Å². The Morgan fingerprint density at radius 3 is 0.600 bits per heavy atom. The molecule has 5 heteroatoms. The predicted octanol–water partition coefficient (Wildman–Crippen LogP) is -0.914. The van der Waals surface area contributed by atoms with E-state index in [9.17, 15) is 0 Å². The average molecular weight is 133 g/mol. The summed E-state index contributed by atoms with van der Waals surface area (Å²) in [6, 6.07) is 0. The molecule has 0 unspecified atom stereocenters. The van der Waals surface area contributed by atoms with E-state index in [4.69, 9.17) is 0 Å². The maximum atomic E-state index is 0. The minimum Gasteiger partial charge on any atom is -0.870 e. The number of hydrogen-bond donors (Lipinski definition) is 0. The van der Waals surface area contributed by atoms with Crippen molar-refractivity contribution < 1.29 is 33.5 Å². The fraction of sp³-hybridized carbons (Fsp3) is 0. The molecular weight excluding hydrogens is 130 g/mol. The van der Waals surface area contributed by atoms with Crippen molar-refractivity contribution in [3.05, 3.63) is 0 Å². The third-order valence-electron chi connectivity index (χ3n) is 0. The van der Waals surface area contributed by atoms with Crippen molar-refractivity contribution >= 4 is 17.4 Å². The van der Waals surface area contributed by atoms with Crippen LogP contribution in [0.1, 0.15) is 0 Å². The molecule has 3 nitrogen and oxygen atoms in total. The average Bonchev–Trinajstić information content (AvgIpc) is 0. The van der Waals surface area contributed by atoms with Crippen LogP contribution < -0.4 is 0 Å². The van der Waals surface area contributed by atoms with Gasteiger partial charge in [-0.05, 0) is 0 Å². The van der Waals surface area contributed by atoms with Gasteiger partial charge in [0.05, 0.1) is 0 Å². The Kier molecular flexibility index (Phi) is 2920. The van der Waals surface area contributed by atoms with Crippen LogP contribution in [-0.4, -0.2) is 33.8 Å². The first-order valence-electron chi connectivity index (χ1n) is 0. The quantitative estimate of drug-likeness (QED) is 0.400. The molecule has 0 aliphatic heterocycles. The van der Waals surface area contributed by atoms with Crippen molar-refractivity contribution in [1.82, 2.24) is 0 Å². The van der Waals surface area contributed by atoms with Gasteiger partial charge in [-0.2, -0.15) is 0 Å². The van der Waals surface area contributed by atoms with E-state index in [1.165, 1.54) is 0 Å². The second kappa shape index (κ2) is 87.8. The van der Waals surface area contributed by atoms with Crippen LogP contribution in [0.4, 0.5) is 0 Å². The maximum Gasteiger partial charge on any atom is 3.00 e. The monoisotopic (exact) mass is 133 g/mol. The molecule has 0 aromatic rings. The first-order chi connectivity index (χ1) is 0. The van der Waals surface area contributed by atoms with Crippen LogP contribution in [0.3, 0.4) is 0 Å². The Morgan fingerprint density at radius 1 is 0.600 bits per heavy atom. The minimum absolute atomic E-state index is 0. The SMILES string of the molecule is [Al+3].[Mn].[OH-].[OH-].[OH-]. The molecule has 0 aromatic carbocycles. The standard InChI is InChI=1S/Al.Mn.3H2O/h;;3*1H2/q+3;;;;/p-3. The normalized spacial score (nSPS) is 0. The second-order valence-corrected chi connectivity index (χ2v) is 0. The van der Waals surface area contributed by atoms with Crippen molar-refractivity contribution in [3.63, 3.8) is 0 Å². The van der Waals surface area contributed by atoms with Crippen LogP contribution >= 0.6 is 0 Å². The third kappa shape index (κ3) is 48.8. The molecule has 5 heavy (non-hydrogen) atoms. The Labute approximate surface area is 51.3 Å². The topological polar surface area (TPSA) is 90.0 Å². The van der Waals surface area contributed by atoms with Crippen molar-refractivity contribution in [3.8, 4) is 0 Å². The van der Waals surface area contributed by atoms with Crippen LogP contribution in [0.25, 0.3) is 0 Å². The van der Waals surface area contributed by atoms with Crippen molar-refractivity contribution in [2.75, 3.05) is 0 Å². The first kappa shape index (κ1) is 166. The van der Waals surface area contributed by atoms with Gasteiger partial charge in [-0.15, -0.1) is 0 Å². The molecule has 0 saturated heterocycles. The Bertz CT molecular complexity index is 6.85. The molecule has 0 amide bonds. The first-order valence-corrected chi connectivity index (χ1v) is 0. The van der Waals surface area contributed by atoms with E-state index in [1.807, 2.05) is 0 Å². The van der Waals surface area contributed by atoms with Gasteiger partial charge in [-0.3, -0.25) is 0 Å². The van der Waals surface area contributed by atoms with E-state index >= 15 is 0 Å². The van der Waals surface area contributed by atoms with Crippen LogP contribution in [-0.2, 0) is 17.1 Å². The van der Waals surface area contributed by atoms with Crippen molar-refractivity contribution in [2.24, 2.45) is 0 Å². The zero-order valence-corrected chi connectivity index (χ0v) is 4.63. The smallest absolute Gasteiger partial charge is 0.870 e. The van der Waals surface area contributed by atoms with Gasteiger partial charge in [0.15, 0.2) is 0 Å². The molecule has 0 aliphatic carbocycles. The van der Waals surface area contributed by atoms with Gasteiger partial charge < -0.3 is 16.4 Å². The molecular formula is H3AlMnO3. The van der Waals surface area contributed by atoms with Crippen LogP contribution in [0.2, 0.25) is 0 Å². The van der Waals surface area contributed by atoms with Gasteiger partial charge >= 0.3 is 17.4 Å². The third-order valence-corrected chi connectivity index (χ3v) is 0. The largest absolute Gasteiger partial charge is 3.00 e. The molecule has 0 heterocycles. The van der Waals surface area contributed by atoms with Crippen molar-refractivity contribution in [2.45, 2.75) is 0 Å². The van der Waals surface area contributed by atoms with E-state index in [1.54, 1.807) is 0 Å². The summed E-state index contributed by atoms with van der Waals surface area (Å²) in [6.45, 7) is 0. The second-order valence-electron chi connectivity index (χ2n) is 0. The zero-order chi connectivity index (χ0) is 0. The van der Waals surface area contributed by atoms with Gasteiger partial charge in [0.2, 0.25) is 0 Å². The zero-order valence-electron chi connectivity index (χ0n) is 2.30. The Balaban J connectivity index is 0. The summed E-state index contributed by atoms with van der Waals surface area (Å²) in [4.78, 5) is 0. The summed E-state index contributed by atoms with van der Waals surface area (Å²) in [6.07, 6.45) is 0. The molecule has 0 spiro atoms. The van der Waals surface area contributed by atoms with Gasteiger partial charge in [0.25, 0.3) is 0 Å². The summed E-state index contributed by atoms with van der Waals surface area (Å²) >= 11 is 0. The molecule has 0 fully saturated rings. The molecule has 3 N–H and O–H groups in total. The van der Waals surface area contributed by atoms with E-state index in [0.717, 1.165) is 0 Å². The van der Waals surface area contributed by atoms with Crippen LogP contribution in [0.5, 0.6) is 0 Å². The molecule has 1 radical (unpaired) electrons. The summed E-state index contributed by atoms with van der Waals surface area (Å²) in [7, 11) is 0. The molecule has 0 bridgehead atoms. The molecule has 31 valence electrons. The summed E-state index contributed by atoms with van der Waals surface area (Å²) < 4.78 is 0. The number of rotatable bonds is 0. The molecule has 0 atom stereocenters. The Hall–Kier alpha value is 0.932. The predicted molar refractivity (Wildman–Crippen MR) is 11.6 cm³/mol. The fourth-order valence-corrected chi connectivity index (χ4v) is 0. The minimum atomic E-state index is 0. The van der Waals surface area contributed by atoms with Crippen LogP contribution in [0, 0.1) is 0 Å². The summed E-state index contributed by atoms with van der Waals surface area (Å²) in [5.74, 6) is 0.